The lowest BCUT2D eigenvalue weighted by Gasteiger charge is -2.33. The molecule has 1 unspecified atom stereocenters. The number of aromatic hydroxyl groups is 1. The summed E-state index contributed by atoms with van der Waals surface area (Å²) in [6, 6.07) is 11.3. The first-order chi connectivity index (χ1) is 15.4. The molecule has 0 heterocycles. The predicted molar refractivity (Wildman–Crippen MR) is 135 cm³/mol. The number of phenolic OH excluding ortho intramolecular Hbond substituents is 1. The van der Waals surface area contributed by atoms with Crippen LogP contribution in [-0.2, 0) is 22.5 Å². The van der Waals surface area contributed by atoms with E-state index in [-0.39, 0.29) is 29.5 Å². The van der Waals surface area contributed by atoms with E-state index in [1.54, 1.807) is 18.2 Å². The zero-order valence-electron chi connectivity index (χ0n) is 20.5. The van der Waals surface area contributed by atoms with E-state index in [0.29, 0.717) is 18.7 Å². The minimum Gasteiger partial charge on any atom is -0.504 e. The van der Waals surface area contributed by atoms with E-state index in [1.165, 1.54) is 23.8 Å². The van der Waals surface area contributed by atoms with Crippen LogP contribution in [-0.4, -0.2) is 40.8 Å². The number of methoxy groups -OCH3 is 1. The molecule has 7 heteroatoms. The minimum absolute atomic E-state index is 0.0634. The normalized spacial score (nSPS) is 12.2. The van der Waals surface area contributed by atoms with Gasteiger partial charge in [0.2, 0.25) is 0 Å². The molecule has 2 aromatic rings. The van der Waals surface area contributed by atoms with Crippen LogP contribution in [0, 0.1) is 19.3 Å². The van der Waals surface area contributed by atoms with Crippen LogP contribution in [0.25, 0.3) is 0 Å². The van der Waals surface area contributed by atoms with Crippen molar-refractivity contribution in [2.24, 2.45) is 11.1 Å². The molecule has 0 aliphatic rings. The van der Waals surface area contributed by atoms with Crippen molar-refractivity contribution < 1.29 is 19.4 Å². The molecule has 0 saturated heterocycles. The SMILES string of the molecule is COc1cc(CN(C(N)=S)C(CCc2ccc(C)c(C)c2)COC(=O)C(C)(C)C)ccc1O. The number of nitrogens with zero attached hydrogens (tertiary/aromatic N) is 1. The van der Waals surface area contributed by atoms with Gasteiger partial charge in [-0.05, 0) is 94.1 Å². The Morgan fingerprint density at radius 1 is 1.12 bits per heavy atom. The predicted octanol–water partition coefficient (Wildman–Crippen LogP) is 4.65. The Hall–Kier alpha value is -2.80. The Morgan fingerprint density at radius 3 is 2.36 bits per heavy atom. The van der Waals surface area contributed by atoms with Gasteiger partial charge in [0.25, 0.3) is 0 Å². The Labute approximate surface area is 202 Å². The van der Waals surface area contributed by atoms with Gasteiger partial charge in [-0.15, -0.1) is 0 Å². The van der Waals surface area contributed by atoms with Gasteiger partial charge in [0.15, 0.2) is 16.6 Å². The molecule has 0 radical (unpaired) electrons. The quantitative estimate of drug-likeness (QED) is 0.406. The van der Waals surface area contributed by atoms with Crippen LogP contribution in [0.3, 0.4) is 0 Å². The third-order valence-electron chi connectivity index (χ3n) is 5.68. The minimum atomic E-state index is -0.600. The lowest BCUT2D eigenvalue weighted by atomic mass is 9.97. The molecule has 0 bridgehead atoms. The lowest BCUT2D eigenvalue weighted by molar-refractivity contribution is -0.154. The number of esters is 1. The molecule has 1 atom stereocenters. The third kappa shape index (κ3) is 7.63. The van der Waals surface area contributed by atoms with E-state index in [0.717, 1.165) is 12.0 Å². The molecule has 0 saturated carbocycles. The second-order valence-electron chi connectivity index (χ2n) is 9.43. The number of thiocarbonyl (C=S) groups is 1. The van der Waals surface area contributed by atoms with Crippen molar-refractivity contribution in [3.63, 3.8) is 0 Å². The van der Waals surface area contributed by atoms with Crippen LogP contribution in [0.2, 0.25) is 0 Å². The lowest BCUT2D eigenvalue weighted by Crippen LogP contribution is -2.46. The summed E-state index contributed by atoms with van der Waals surface area (Å²) in [4.78, 5) is 14.3. The third-order valence-corrected chi connectivity index (χ3v) is 5.91. The fraction of sp³-hybridized carbons (Fsp3) is 0.462. The second kappa shape index (κ2) is 11.4. The molecular formula is C26H36N2O4S. The maximum Gasteiger partial charge on any atom is 0.311 e. The zero-order chi connectivity index (χ0) is 24.8. The van der Waals surface area contributed by atoms with Crippen LogP contribution in [0.1, 0.15) is 49.4 Å². The number of rotatable bonds is 9. The van der Waals surface area contributed by atoms with Crippen molar-refractivity contribution in [1.29, 1.82) is 0 Å². The number of hydrogen-bond donors (Lipinski definition) is 2. The number of carbonyl (C=O) groups excluding carboxylic acids is 1. The molecule has 0 amide bonds. The highest BCUT2D eigenvalue weighted by Gasteiger charge is 2.27. The molecule has 0 spiro atoms. The van der Waals surface area contributed by atoms with Crippen molar-refractivity contribution in [2.45, 2.75) is 60.0 Å². The molecule has 6 nitrogen and oxygen atoms in total. The van der Waals surface area contributed by atoms with Gasteiger partial charge in [-0.1, -0.05) is 24.3 Å². The Bertz CT molecular complexity index is 985. The number of carbonyl (C=O) groups is 1. The summed E-state index contributed by atoms with van der Waals surface area (Å²) in [6.45, 7) is 10.2. The van der Waals surface area contributed by atoms with Crippen molar-refractivity contribution in [1.82, 2.24) is 4.90 Å². The standard InChI is InChI=1S/C26H36N2O4S/c1-17-7-8-19(13-18(17)2)9-11-21(16-32-24(30)26(3,4)5)28(25(27)33)15-20-10-12-22(29)23(14-20)31-6/h7-8,10,12-14,21,29H,9,11,15-16H2,1-6H3,(H2,27,33). The first-order valence-corrected chi connectivity index (χ1v) is 11.5. The van der Waals surface area contributed by atoms with Crippen LogP contribution in [0.5, 0.6) is 11.5 Å². The first-order valence-electron chi connectivity index (χ1n) is 11.1. The van der Waals surface area contributed by atoms with Crippen molar-refractivity contribution in [2.75, 3.05) is 13.7 Å². The molecule has 3 N–H and O–H groups in total. The summed E-state index contributed by atoms with van der Waals surface area (Å²) in [5.41, 5.74) is 10.1. The highest BCUT2D eigenvalue weighted by molar-refractivity contribution is 7.80. The Kier molecular flexibility index (Phi) is 9.11. The van der Waals surface area contributed by atoms with Crippen LogP contribution >= 0.6 is 12.2 Å². The van der Waals surface area contributed by atoms with Gasteiger partial charge >= 0.3 is 5.97 Å². The van der Waals surface area contributed by atoms with E-state index in [1.807, 2.05) is 25.7 Å². The number of aryl methyl sites for hydroxylation is 3. The summed E-state index contributed by atoms with van der Waals surface area (Å²) >= 11 is 5.38. The molecule has 0 aliphatic heterocycles. The number of phenols is 1. The first kappa shape index (κ1) is 26.5. The Balaban J connectivity index is 2.26. The molecule has 0 aliphatic carbocycles. The van der Waals surface area contributed by atoms with E-state index in [2.05, 4.69) is 32.0 Å². The van der Waals surface area contributed by atoms with Gasteiger partial charge in [0.1, 0.15) is 6.61 Å². The number of hydrogen-bond acceptors (Lipinski definition) is 5. The largest absolute Gasteiger partial charge is 0.504 e. The molecule has 33 heavy (non-hydrogen) atoms. The highest BCUT2D eigenvalue weighted by atomic mass is 32.1. The smallest absolute Gasteiger partial charge is 0.311 e. The van der Waals surface area contributed by atoms with Crippen LogP contribution in [0.15, 0.2) is 36.4 Å². The Morgan fingerprint density at radius 2 is 1.79 bits per heavy atom. The monoisotopic (exact) mass is 472 g/mol. The average Bonchev–Trinajstić information content (AvgIpc) is 2.74. The summed E-state index contributed by atoms with van der Waals surface area (Å²) in [5.74, 6) is 0.169. The maximum atomic E-state index is 12.4. The zero-order valence-corrected chi connectivity index (χ0v) is 21.3. The molecule has 2 rings (SSSR count). The molecule has 0 aromatic heterocycles. The summed E-state index contributed by atoms with van der Waals surface area (Å²) in [6.07, 6.45) is 1.49. The highest BCUT2D eigenvalue weighted by Crippen LogP contribution is 2.27. The number of nitrogens with two attached hydrogens (primary N) is 1. The van der Waals surface area contributed by atoms with Crippen molar-refractivity contribution in [3.05, 3.63) is 58.7 Å². The average molecular weight is 473 g/mol. The van der Waals surface area contributed by atoms with Crippen LogP contribution in [0.4, 0.5) is 0 Å². The summed E-state index contributed by atoms with van der Waals surface area (Å²) in [5, 5.41) is 10.1. The molecule has 0 fully saturated rings. The summed E-state index contributed by atoms with van der Waals surface area (Å²) in [7, 11) is 1.50. The molecule has 2 aromatic carbocycles. The van der Waals surface area contributed by atoms with Gasteiger partial charge in [0.05, 0.1) is 18.6 Å². The number of ether oxygens (including phenoxy) is 2. The van der Waals surface area contributed by atoms with Gasteiger partial charge in [-0.25, -0.2) is 0 Å². The summed E-state index contributed by atoms with van der Waals surface area (Å²) < 4.78 is 10.9. The number of benzene rings is 2. The van der Waals surface area contributed by atoms with Gasteiger partial charge < -0.3 is 25.2 Å². The molecular weight excluding hydrogens is 436 g/mol. The fourth-order valence-electron chi connectivity index (χ4n) is 3.41. The van der Waals surface area contributed by atoms with Crippen molar-refractivity contribution in [3.8, 4) is 11.5 Å². The maximum absolute atomic E-state index is 12.4. The van der Waals surface area contributed by atoms with Crippen molar-refractivity contribution >= 4 is 23.3 Å². The van der Waals surface area contributed by atoms with Gasteiger partial charge in [-0.2, -0.15) is 0 Å². The molecule has 180 valence electrons. The second-order valence-corrected chi connectivity index (χ2v) is 9.85. The fourth-order valence-corrected chi connectivity index (χ4v) is 3.63. The van der Waals surface area contributed by atoms with Gasteiger partial charge in [0, 0.05) is 6.54 Å². The van der Waals surface area contributed by atoms with E-state index < -0.39 is 5.41 Å². The topological polar surface area (TPSA) is 85.0 Å². The van der Waals surface area contributed by atoms with E-state index in [9.17, 15) is 9.90 Å². The van der Waals surface area contributed by atoms with E-state index in [4.69, 9.17) is 27.4 Å². The van der Waals surface area contributed by atoms with E-state index >= 15 is 0 Å². The van der Waals surface area contributed by atoms with Gasteiger partial charge in [-0.3, -0.25) is 4.79 Å². The van der Waals surface area contributed by atoms with Crippen LogP contribution < -0.4 is 10.5 Å².